The molecule has 1 aromatic heterocycles. The number of rotatable bonds is 7. The second-order valence-corrected chi connectivity index (χ2v) is 6.07. The molecule has 0 spiro atoms. The Morgan fingerprint density at radius 1 is 1.24 bits per heavy atom. The maximum absolute atomic E-state index is 12.5. The third kappa shape index (κ3) is 3.81. The number of nitrogens with zero attached hydrogens (tertiary/aromatic N) is 1. The highest BCUT2D eigenvalue weighted by atomic mass is 32.1. The van der Waals surface area contributed by atoms with Crippen molar-refractivity contribution in [3.63, 3.8) is 0 Å². The first kappa shape index (κ1) is 17.6. The van der Waals surface area contributed by atoms with Crippen LogP contribution in [-0.4, -0.2) is 30.1 Å². The van der Waals surface area contributed by atoms with Crippen LogP contribution in [0, 0.1) is 18.3 Å². The SMILES string of the molecule is CCOC(=O)C(Cc1nc(C)cs1)(C(=O)OCC)C(C)C. The second-order valence-electron chi connectivity index (χ2n) is 5.13. The van der Waals surface area contributed by atoms with E-state index in [1.54, 1.807) is 13.8 Å². The van der Waals surface area contributed by atoms with Gasteiger partial charge >= 0.3 is 11.9 Å². The van der Waals surface area contributed by atoms with Crippen LogP contribution in [0.1, 0.15) is 38.4 Å². The first-order valence-electron chi connectivity index (χ1n) is 7.13. The molecule has 0 N–H and O–H groups in total. The minimum atomic E-state index is -1.34. The fraction of sp³-hybridized carbons (Fsp3) is 0.667. The predicted molar refractivity (Wildman–Crippen MR) is 81.1 cm³/mol. The minimum Gasteiger partial charge on any atom is -0.465 e. The van der Waals surface area contributed by atoms with Crippen LogP contribution in [0.2, 0.25) is 0 Å². The Morgan fingerprint density at radius 2 is 1.76 bits per heavy atom. The van der Waals surface area contributed by atoms with Gasteiger partial charge in [-0.2, -0.15) is 0 Å². The molecule has 5 nitrogen and oxygen atoms in total. The van der Waals surface area contributed by atoms with Gasteiger partial charge in [0.15, 0.2) is 5.41 Å². The van der Waals surface area contributed by atoms with E-state index in [2.05, 4.69) is 4.98 Å². The largest absolute Gasteiger partial charge is 0.465 e. The zero-order valence-electron chi connectivity index (χ0n) is 13.3. The van der Waals surface area contributed by atoms with Crippen LogP contribution in [0.3, 0.4) is 0 Å². The van der Waals surface area contributed by atoms with Crippen molar-refractivity contribution in [2.75, 3.05) is 13.2 Å². The van der Waals surface area contributed by atoms with Crippen molar-refractivity contribution in [2.45, 2.75) is 41.0 Å². The van der Waals surface area contributed by atoms with Crippen LogP contribution in [0.15, 0.2) is 5.38 Å². The lowest BCUT2D eigenvalue weighted by molar-refractivity contribution is -0.176. The molecule has 1 heterocycles. The summed E-state index contributed by atoms with van der Waals surface area (Å²) in [5.41, 5.74) is -0.462. The molecule has 0 bridgehead atoms. The molecular formula is C15H23NO4S. The topological polar surface area (TPSA) is 65.5 Å². The molecule has 0 atom stereocenters. The summed E-state index contributed by atoms with van der Waals surface area (Å²) in [6.45, 7) is 9.44. The lowest BCUT2D eigenvalue weighted by atomic mass is 9.74. The van der Waals surface area contributed by atoms with Gasteiger partial charge in [0.1, 0.15) is 0 Å². The Morgan fingerprint density at radius 3 is 2.10 bits per heavy atom. The Bertz CT molecular complexity index is 478. The molecule has 0 aliphatic heterocycles. The molecule has 6 heteroatoms. The summed E-state index contributed by atoms with van der Waals surface area (Å²) in [5.74, 6) is -1.32. The van der Waals surface area contributed by atoms with Crippen LogP contribution in [0.5, 0.6) is 0 Å². The van der Waals surface area contributed by atoms with Gasteiger partial charge in [0.05, 0.1) is 18.2 Å². The van der Waals surface area contributed by atoms with Crippen LogP contribution < -0.4 is 0 Å². The van der Waals surface area contributed by atoms with E-state index in [-0.39, 0.29) is 25.6 Å². The zero-order valence-corrected chi connectivity index (χ0v) is 14.1. The highest BCUT2D eigenvalue weighted by Gasteiger charge is 2.52. The van der Waals surface area contributed by atoms with Crippen LogP contribution >= 0.6 is 11.3 Å². The van der Waals surface area contributed by atoms with E-state index in [1.165, 1.54) is 11.3 Å². The molecule has 118 valence electrons. The average molecular weight is 313 g/mol. The monoisotopic (exact) mass is 313 g/mol. The molecule has 0 amide bonds. The number of hydrogen-bond donors (Lipinski definition) is 0. The number of esters is 2. The Balaban J connectivity index is 3.22. The van der Waals surface area contributed by atoms with Crippen LogP contribution in [-0.2, 0) is 25.5 Å². The number of hydrogen-bond acceptors (Lipinski definition) is 6. The fourth-order valence-electron chi connectivity index (χ4n) is 2.15. The standard InChI is InChI=1S/C15H23NO4S/c1-6-19-13(17)15(10(3)4,14(18)20-7-2)8-12-16-11(5)9-21-12/h9-10H,6-8H2,1-5H3. The summed E-state index contributed by atoms with van der Waals surface area (Å²) >= 11 is 1.44. The van der Waals surface area contributed by atoms with Crippen molar-refractivity contribution in [3.8, 4) is 0 Å². The Labute approximate surface area is 129 Å². The highest BCUT2D eigenvalue weighted by Crippen LogP contribution is 2.36. The summed E-state index contributed by atoms with van der Waals surface area (Å²) in [7, 11) is 0. The maximum Gasteiger partial charge on any atom is 0.324 e. The lowest BCUT2D eigenvalue weighted by Gasteiger charge is -2.31. The van der Waals surface area contributed by atoms with Crippen molar-refractivity contribution in [1.82, 2.24) is 4.98 Å². The van der Waals surface area contributed by atoms with E-state index in [0.29, 0.717) is 0 Å². The van der Waals surface area contributed by atoms with E-state index >= 15 is 0 Å². The van der Waals surface area contributed by atoms with Crippen LogP contribution in [0.25, 0.3) is 0 Å². The van der Waals surface area contributed by atoms with Gasteiger partial charge in [-0.05, 0) is 26.7 Å². The average Bonchev–Trinajstić information content (AvgIpc) is 2.81. The molecule has 0 aliphatic rings. The van der Waals surface area contributed by atoms with E-state index < -0.39 is 17.4 Å². The number of thiazole rings is 1. The van der Waals surface area contributed by atoms with Crippen molar-refractivity contribution >= 4 is 23.3 Å². The first-order chi connectivity index (χ1) is 9.88. The molecule has 0 unspecified atom stereocenters. The Kier molecular flexibility index (Phi) is 6.33. The summed E-state index contributed by atoms with van der Waals surface area (Å²) in [4.78, 5) is 29.3. The summed E-state index contributed by atoms with van der Waals surface area (Å²) in [5, 5.41) is 2.64. The van der Waals surface area contributed by atoms with E-state index in [0.717, 1.165) is 10.7 Å². The second kappa shape index (κ2) is 7.54. The number of carbonyl (C=O) groups excluding carboxylic acids is 2. The molecule has 1 rings (SSSR count). The van der Waals surface area contributed by atoms with Gasteiger partial charge in [0.25, 0.3) is 0 Å². The van der Waals surface area contributed by atoms with E-state index in [4.69, 9.17) is 9.47 Å². The van der Waals surface area contributed by atoms with Crippen molar-refractivity contribution in [3.05, 3.63) is 16.1 Å². The molecule has 0 aromatic carbocycles. The maximum atomic E-state index is 12.5. The first-order valence-corrected chi connectivity index (χ1v) is 8.01. The van der Waals surface area contributed by atoms with Crippen molar-refractivity contribution in [1.29, 1.82) is 0 Å². The molecular weight excluding hydrogens is 290 g/mol. The minimum absolute atomic E-state index is 0.209. The van der Waals surface area contributed by atoms with Gasteiger partial charge in [0.2, 0.25) is 0 Å². The summed E-state index contributed by atoms with van der Waals surface area (Å²) < 4.78 is 10.3. The van der Waals surface area contributed by atoms with Gasteiger partial charge in [0, 0.05) is 17.5 Å². The van der Waals surface area contributed by atoms with Gasteiger partial charge in [-0.3, -0.25) is 9.59 Å². The molecule has 0 saturated heterocycles. The highest BCUT2D eigenvalue weighted by molar-refractivity contribution is 7.09. The van der Waals surface area contributed by atoms with E-state index in [9.17, 15) is 9.59 Å². The zero-order chi connectivity index (χ0) is 16.0. The number of aryl methyl sites for hydroxylation is 1. The molecule has 0 aliphatic carbocycles. The quantitative estimate of drug-likeness (QED) is 0.572. The number of carbonyl (C=O) groups is 2. The van der Waals surface area contributed by atoms with Gasteiger partial charge in [-0.25, -0.2) is 4.98 Å². The summed E-state index contributed by atoms with van der Waals surface area (Å²) in [6, 6.07) is 0. The third-order valence-corrected chi connectivity index (χ3v) is 4.33. The molecule has 0 fully saturated rings. The molecule has 0 saturated carbocycles. The lowest BCUT2D eigenvalue weighted by Crippen LogP contribution is -2.48. The normalized spacial score (nSPS) is 11.5. The molecule has 21 heavy (non-hydrogen) atoms. The Hall–Kier alpha value is -1.43. The van der Waals surface area contributed by atoms with Crippen molar-refractivity contribution < 1.29 is 19.1 Å². The van der Waals surface area contributed by atoms with Gasteiger partial charge in [-0.15, -0.1) is 11.3 Å². The number of ether oxygens (including phenoxy) is 2. The third-order valence-electron chi connectivity index (χ3n) is 3.36. The van der Waals surface area contributed by atoms with Gasteiger partial charge in [-0.1, -0.05) is 13.8 Å². The van der Waals surface area contributed by atoms with Crippen molar-refractivity contribution in [2.24, 2.45) is 11.3 Å². The fourth-order valence-corrected chi connectivity index (χ4v) is 3.01. The van der Waals surface area contributed by atoms with Crippen LogP contribution in [0.4, 0.5) is 0 Å². The van der Waals surface area contributed by atoms with E-state index in [1.807, 2.05) is 26.2 Å². The molecule has 0 radical (unpaired) electrons. The predicted octanol–water partition coefficient (Wildman–Crippen LogP) is 2.76. The molecule has 1 aromatic rings. The summed E-state index contributed by atoms with van der Waals surface area (Å²) in [6.07, 6.45) is 0.209. The smallest absolute Gasteiger partial charge is 0.324 e. The van der Waals surface area contributed by atoms with Gasteiger partial charge < -0.3 is 9.47 Å². The number of aromatic nitrogens is 1.